The van der Waals surface area contributed by atoms with Crippen molar-refractivity contribution >= 4 is 5.57 Å². The number of nitrogens with two attached hydrogens (primary N) is 1. The number of hydrogen-bond donors (Lipinski definition) is 1. The molecule has 0 radical (unpaired) electrons. The molecule has 1 aromatic rings. The van der Waals surface area contributed by atoms with Gasteiger partial charge in [-0.1, -0.05) is 6.07 Å². The van der Waals surface area contributed by atoms with Gasteiger partial charge in [-0.15, -0.1) is 0 Å². The minimum Gasteiger partial charge on any atom is -0.397 e. The number of hydrogen-bond acceptors (Lipinski definition) is 3. The number of aromatic nitrogens is 1. The summed E-state index contributed by atoms with van der Waals surface area (Å²) in [5.41, 5.74) is 10.4. The van der Waals surface area contributed by atoms with E-state index in [9.17, 15) is 0 Å². The molecule has 0 aliphatic carbocycles. The minimum absolute atomic E-state index is 0.330. The highest BCUT2D eigenvalue weighted by atomic mass is 15.1. The molecule has 3 nitrogen and oxygen atoms in total. The molecule has 1 aliphatic rings. The van der Waals surface area contributed by atoms with E-state index in [4.69, 9.17) is 5.73 Å². The van der Waals surface area contributed by atoms with Crippen molar-refractivity contribution in [1.82, 2.24) is 9.88 Å². The Kier molecular flexibility index (Phi) is 2.69. The van der Waals surface area contributed by atoms with Crippen molar-refractivity contribution in [3.63, 3.8) is 0 Å². The quantitative estimate of drug-likeness (QED) is 0.779. The summed E-state index contributed by atoms with van der Waals surface area (Å²) in [5.74, 6) is 0. The Morgan fingerprint density at radius 1 is 1.44 bits per heavy atom. The van der Waals surface area contributed by atoms with Gasteiger partial charge >= 0.3 is 0 Å². The smallest absolute Gasteiger partial charge is 0.0516 e. The third-order valence-corrected chi connectivity index (χ3v) is 3.18. The summed E-state index contributed by atoms with van der Waals surface area (Å²) in [6.07, 6.45) is 5.66. The van der Waals surface area contributed by atoms with E-state index in [-0.39, 0.29) is 0 Å². The molecule has 84 valence electrons. The van der Waals surface area contributed by atoms with Crippen LogP contribution in [0, 0.1) is 0 Å². The fourth-order valence-corrected chi connectivity index (χ4v) is 2.08. The van der Waals surface area contributed by atoms with Crippen molar-refractivity contribution in [3.05, 3.63) is 47.6 Å². The molecule has 2 N–H and O–H groups in total. The van der Waals surface area contributed by atoms with Gasteiger partial charge in [-0.25, -0.2) is 0 Å². The number of pyridine rings is 1. The SMILES string of the molecule is CC1=C(c2cccnc2)C(C)N(C)C=C1N. The third kappa shape index (κ3) is 1.69. The van der Waals surface area contributed by atoms with E-state index >= 15 is 0 Å². The zero-order valence-electron chi connectivity index (χ0n) is 9.94. The van der Waals surface area contributed by atoms with Gasteiger partial charge in [-0.2, -0.15) is 0 Å². The van der Waals surface area contributed by atoms with Gasteiger partial charge in [0.25, 0.3) is 0 Å². The van der Waals surface area contributed by atoms with Gasteiger partial charge in [0.05, 0.1) is 11.7 Å². The predicted molar refractivity (Wildman–Crippen MR) is 66.3 cm³/mol. The second-order valence-electron chi connectivity index (χ2n) is 4.21. The van der Waals surface area contributed by atoms with Crippen molar-refractivity contribution in [3.8, 4) is 0 Å². The standard InChI is InChI=1S/C13H17N3/c1-9-12(14)8-16(3)10(2)13(9)11-5-4-6-15-7-11/h4-8,10H,14H2,1-3H3. The van der Waals surface area contributed by atoms with Crippen molar-refractivity contribution in [1.29, 1.82) is 0 Å². The van der Waals surface area contributed by atoms with Crippen LogP contribution in [0.15, 0.2) is 42.0 Å². The Morgan fingerprint density at radius 3 is 2.81 bits per heavy atom. The van der Waals surface area contributed by atoms with Crippen molar-refractivity contribution in [2.24, 2.45) is 5.73 Å². The minimum atomic E-state index is 0.330. The summed E-state index contributed by atoms with van der Waals surface area (Å²) in [5, 5.41) is 0. The van der Waals surface area contributed by atoms with Crippen LogP contribution < -0.4 is 5.73 Å². The Labute approximate surface area is 96.3 Å². The van der Waals surface area contributed by atoms with Gasteiger partial charge in [0.2, 0.25) is 0 Å². The molecule has 1 aromatic heterocycles. The van der Waals surface area contributed by atoms with E-state index in [2.05, 4.69) is 29.8 Å². The molecule has 3 heteroatoms. The lowest BCUT2D eigenvalue weighted by Gasteiger charge is -2.32. The van der Waals surface area contributed by atoms with Crippen LogP contribution in [-0.2, 0) is 0 Å². The van der Waals surface area contributed by atoms with Crippen LogP contribution in [0.5, 0.6) is 0 Å². The lowest BCUT2D eigenvalue weighted by Crippen LogP contribution is -2.31. The molecule has 0 amide bonds. The van der Waals surface area contributed by atoms with Crippen LogP contribution in [0.4, 0.5) is 0 Å². The summed E-state index contributed by atoms with van der Waals surface area (Å²) in [4.78, 5) is 6.30. The van der Waals surface area contributed by atoms with E-state index < -0.39 is 0 Å². The highest BCUT2D eigenvalue weighted by Gasteiger charge is 2.22. The van der Waals surface area contributed by atoms with Gasteiger partial charge in [-0.05, 0) is 36.6 Å². The zero-order chi connectivity index (χ0) is 11.7. The molecule has 0 fully saturated rings. The highest BCUT2D eigenvalue weighted by molar-refractivity contribution is 5.75. The summed E-state index contributed by atoms with van der Waals surface area (Å²) in [7, 11) is 2.04. The fourth-order valence-electron chi connectivity index (χ4n) is 2.08. The summed E-state index contributed by atoms with van der Waals surface area (Å²) >= 11 is 0. The topological polar surface area (TPSA) is 42.2 Å². The normalized spacial score (nSPS) is 21.1. The van der Waals surface area contributed by atoms with Crippen LogP contribution in [0.1, 0.15) is 19.4 Å². The molecular formula is C13H17N3. The largest absolute Gasteiger partial charge is 0.397 e. The van der Waals surface area contributed by atoms with Crippen LogP contribution in [0.25, 0.3) is 5.57 Å². The first-order valence-electron chi connectivity index (χ1n) is 5.42. The first-order valence-corrected chi connectivity index (χ1v) is 5.42. The Hall–Kier alpha value is -1.77. The molecule has 16 heavy (non-hydrogen) atoms. The Balaban J connectivity index is 2.53. The summed E-state index contributed by atoms with van der Waals surface area (Å²) in [6, 6.07) is 4.36. The monoisotopic (exact) mass is 215 g/mol. The third-order valence-electron chi connectivity index (χ3n) is 3.18. The van der Waals surface area contributed by atoms with Gasteiger partial charge in [-0.3, -0.25) is 4.98 Å². The van der Waals surface area contributed by atoms with Crippen molar-refractivity contribution < 1.29 is 0 Å². The molecule has 2 rings (SSSR count). The highest BCUT2D eigenvalue weighted by Crippen LogP contribution is 2.30. The lowest BCUT2D eigenvalue weighted by atomic mass is 9.91. The molecule has 1 unspecified atom stereocenters. The zero-order valence-corrected chi connectivity index (χ0v) is 9.94. The molecule has 0 saturated carbocycles. The molecule has 0 saturated heterocycles. The molecule has 0 bridgehead atoms. The summed E-state index contributed by atoms with van der Waals surface area (Å²) < 4.78 is 0. The van der Waals surface area contributed by atoms with Gasteiger partial charge in [0.1, 0.15) is 0 Å². The van der Waals surface area contributed by atoms with E-state index in [1.807, 2.05) is 25.5 Å². The van der Waals surface area contributed by atoms with Crippen LogP contribution in [0.2, 0.25) is 0 Å². The van der Waals surface area contributed by atoms with Gasteiger partial charge in [0.15, 0.2) is 0 Å². The first kappa shape index (κ1) is 10.7. The number of rotatable bonds is 1. The Bertz CT molecular complexity index is 446. The average Bonchev–Trinajstić information content (AvgIpc) is 2.28. The van der Waals surface area contributed by atoms with E-state index in [1.165, 1.54) is 5.57 Å². The van der Waals surface area contributed by atoms with Crippen molar-refractivity contribution in [2.45, 2.75) is 19.9 Å². The average molecular weight is 215 g/mol. The van der Waals surface area contributed by atoms with Crippen LogP contribution in [-0.4, -0.2) is 23.0 Å². The number of likely N-dealkylation sites (N-methyl/N-ethyl adjacent to an activating group) is 1. The maximum Gasteiger partial charge on any atom is 0.0516 e. The van der Waals surface area contributed by atoms with Gasteiger partial charge in [0, 0.05) is 25.6 Å². The van der Waals surface area contributed by atoms with Crippen LogP contribution >= 0.6 is 0 Å². The van der Waals surface area contributed by atoms with E-state index in [0.29, 0.717) is 6.04 Å². The number of nitrogens with zero attached hydrogens (tertiary/aromatic N) is 2. The van der Waals surface area contributed by atoms with E-state index in [0.717, 1.165) is 16.8 Å². The van der Waals surface area contributed by atoms with E-state index in [1.54, 1.807) is 6.20 Å². The molecule has 2 heterocycles. The van der Waals surface area contributed by atoms with Crippen LogP contribution in [0.3, 0.4) is 0 Å². The number of allylic oxidation sites excluding steroid dienone is 1. The van der Waals surface area contributed by atoms with Crippen molar-refractivity contribution in [2.75, 3.05) is 7.05 Å². The second-order valence-corrected chi connectivity index (χ2v) is 4.21. The molecule has 0 spiro atoms. The maximum absolute atomic E-state index is 6.00. The second kappa shape index (κ2) is 4.00. The molecule has 1 aliphatic heterocycles. The van der Waals surface area contributed by atoms with Gasteiger partial charge < -0.3 is 10.6 Å². The molecule has 1 atom stereocenters. The predicted octanol–water partition coefficient (Wildman–Crippen LogP) is 1.99. The lowest BCUT2D eigenvalue weighted by molar-refractivity contribution is 0.407. The maximum atomic E-state index is 6.00. The molecule has 0 aromatic carbocycles. The first-order chi connectivity index (χ1) is 7.61. The Morgan fingerprint density at radius 2 is 2.19 bits per heavy atom. The summed E-state index contributed by atoms with van der Waals surface area (Å²) in [6.45, 7) is 4.24. The fraction of sp³-hybridized carbons (Fsp3) is 0.308. The molecular weight excluding hydrogens is 198 g/mol.